The zero-order valence-corrected chi connectivity index (χ0v) is 62.3. The van der Waals surface area contributed by atoms with E-state index in [2.05, 4.69) is 102 Å². The molecule has 111 heavy (non-hydrogen) atoms. The molecule has 0 amide bonds. The van der Waals surface area contributed by atoms with Crippen LogP contribution in [0.1, 0.15) is 57.6 Å². The van der Waals surface area contributed by atoms with Crippen molar-refractivity contribution in [1.82, 2.24) is 173 Å². The van der Waals surface area contributed by atoms with Crippen LogP contribution in [0.2, 0.25) is 0 Å². The normalized spacial score (nSPS) is 11.8. The van der Waals surface area contributed by atoms with Gasteiger partial charge in [-0.2, -0.15) is 0 Å². The molecule has 0 atom stereocenters. The second-order valence-electron chi connectivity index (χ2n) is 25.4. The summed E-state index contributed by atoms with van der Waals surface area (Å²) in [6.07, 6.45) is 36.8. The number of hydrogen-bond donors (Lipinski definition) is 3. The van der Waals surface area contributed by atoms with Crippen molar-refractivity contribution < 1.29 is 35.7 Å². The molecule has 0 radical (unpaired) electrons. The molecule has 0 fully saturated rings. The number of fused-ring (bicyclic) bond motifs is 16. The van der Waals surface area contributed by atoms with Crippen LogP contribution in [0, 0.1) is 0 Å². The van der Waals surface area contributed by atoms with E-state index in [9.17, 15) is 4.79 Å². The fraction of sp³-hybridized carbons (Fsp3) is 0.123. The Balaban J connectivity index is 0.000000156. The first-order valence-electron chi connectivity index (χ1n) is 33.7. The number of aryl methyl sites for hydroxylation is 9. The zero-order valence-electron chi connectivity index (χ0n) is 60.4. The maximum Gasteiger partial charge on any atom is 3.00 e. The molecule has 0 spiro atoms. The molecule has 0 aromatic carbocycles. The second-order valence-corrected chi connectivity index (χ2v) is 25.4. The second kappa shape index (κ2) is 29.9. The topological polar surface area (TPSA) is 408 Å². The van der Waals surface area contributed by atoms with Crippen molar-refractivity contribution in [2.45, 2.75) is 0 Å². The molecule has 0 aliphatic carbocycles. The minimum absolute atomic E-state index is 0. The van der Waals surface area contributed by atoms with Crippen LogP contribution >= 0.6 is 0 Å². The van der Waals surface area contributed by atoms with E-state index in [4.69, 9.17) is 29.9 Å². The van der Waals surface area contributed by atoms with Gasteiger partial charge in [-0.25, -0.2) is 24.9 Å². The number of H-pyrrole nitrogens is 3. The summed E-state index contributed by atoms with van der Waals surface area (Å²) in [6, 6.07) is 19.7. The minimum Gasteiger partial charge on any atom is -1.00 e. The number of aromatic amines is 3. The van der Waals surface area contributed by atoms with Gasteiger partial charge in [-0.1, -0.05) is 24.3 Å². The van der Waals surface area contributed by atoms with Crippen LogP contribution in [0.15, 0.2) is 136 Å². The largest absolute Gasteiger partial charge is 3.00 e. The standard InChI is InChI=1S/C32H26N16.C32H24N16.C5H6N2O.C4H5N.ClH.Mn.H2/c2*1-45-13-33-41-29(45)25-17-5-7-19(37-17)26(30-42-34-14-46(30)2)21-9-11-23(39-21)28(32-44-36-16-48(32)4)24-12-10-22(40-24)27(20-8-6-18(25)38-20)31-43-35-15-47(31)3;1-7-3-2-6-5(7)4-8;1-2-4-5-3-1;;;/h5-16,37,40H,1-4H3;5-16H,1-4H3;2-4H,1H3;1-5H;1H;;1H/q;-2;;;;+3;/p-1/i;;;;;;1+1. The Morgan fingerprint density at radius 1 is 0.324 bits per heavy atom. The van der Waals surface area contributed by atoms with Gasteiger partial charge in [0.15, 0.2) is 58.7 Å². The van der Waals surface area contributed by atoms with Gasteiger partial charge < -0.3 is 78.4 Å². The Hall–Kier alpha value is -14.7. The third-order valence-corrected chi connectivity index (χ3v) is 18.3. The van der Waals surface area contributed by atoms with Crippen LogP contribution in [0.3, 0.4) is 0 Å². The molecule has 20 heterocycles. The molecule has 0 saturated carbocycles. The summed E-state index contributed by atoms with van der Waals surface area (Å²) >= 11 is 0. The van der Waals surface area contributed by atoms with Gasteiger partial charge in [0.25, 0.3) is 0 Å². The van der Waals surface area contributed by atoms with Gasteiger partial charge in [0.05, 0.1) is 89.9 Å². The molecule has 3 N–H and O–H groups in total. The molecular formula is C73H63ClMnN35O. The molecule has 20 rings (SSSR count). The van der Waals surface area contributed by atoms with Crippen LogP contribution in [0.25, 0.3) is 184 Å². The summed E-state index contributed by atoms with van der Waals surface area (Å²) < 4.78 is 16.5. The fourth-order valence-corrected chi connectivity index (χ4v) is 13.0. The van der Waals surface area contributed by atoms with Gasteiger partial charge >= 0.3 is 17.1 Å². The Bertz CT molecular complexity index is 5620. The first-order valence-corrected chi connectivity index (χ1v) is 33.7. The quantitative estimate of drug-likeness (QED) is 0.120. The number of nitrogens with one attached hydrogen (secondary N) is 3. The van der Waals surface area contributed by atoms with Gasteiger partial charge in [-0.3, -0.25) is 4.79 Å². The van der Waals surface area contributed by atoms with Crippen molar-refractivity contribution in [3.63, 3.8) is 0 Å². The molecule has 4 aliphatic rings. The van der Waals surface area contributed by atoms with Crippen molar-refractivity contribution in [3.05, 3.63) is 187 Å². The SMILES string of the molecule is Cn1ccnc1C=O.Cn1cnnc1-c1c2nc(c(-c3nncn3C)c3ccc([n-]3)c(-c3nncn3C)c3nc(c(-c4nncn4C)c4ccc1[n-]4)C=C3)C=C2.Cn1cnnc1-c1c2nc(c(-c3nncn3C)c3ccc([nH]3)c(-c3nncn3C)c3nc(c(-c4nncn4C)c4ccc1[nH]4)C=C3)C=C2.[2HH].[Cl-].[Mn+3].c1cc[nH]c1. The average molecular weight is 1540 g/mol. The fourth-order valence-electron chi connectivity index (χ4n) is 13.0. The van der Waals surface area contributed by atoms with E-state index in [1.165, 1.54) is 0 Å². The van der Waals surface area contributed by atoms with E-state index >= 15 is 0 Å². The van der Waals surface area contributed by atoms with E-state index in [0.29, 0.717) is 142 Å². The molecule has 0 saturated heterocycles. The van der Waals surface area contributed by atoms with Crippen molar-refractivity contribution in [3.8, 4) is 91.1 Å². The molecule has 4 aliphatic heterocycles. The predicted molar refractivity (Wildman–Crippen MR) is 407 cm³/mol. The van der Waals surface area contributed by atoms with Crippen LogP contribution in [-0.4, -0.2) is 169 Å². The summed E-state index contributed by atoms with van der Waals surface area (Å²) in [5.41, 5.74) is 17.1. The van der Waals surface area contributed by atoms with E-state index in [1.54, 1.807) is 74.6 Å². The number of halogens is 1. The van der Waals surface area contributed by atoms with Crippen LogP contribution in [-0.2, 0) is 80.5 Å². The maximum atomic E-state index is 10.0. The van der Waals surface area contributed by atoms with E-state index in [0.717, 1.165) is 50.6 Å². The van der Waals surface area contributed by atoms with E-state index in [1.807, 2.05) is 215 Å². The number of carbonyl (C=O) groups is 1. The van der Waals surface area contributed by atoms with Gasteiger partial charge in [0, 0.05) is 112 Å². The predicted octanol–water partition coefficient (Wildman–Crippen LogP) is 5.43. The smallest absolute Gasteiger partial charge is 1.00 e. The number of nitrogens with zero attached hydrogens (tertiary/aromatic N) is 32. The Labute approximate surface area is 645 Å². The third-order valence-electron chi connectivity index (χ3n) is 18.3. The Morgan fingerprint density at radius 2 is 0.550 bits per heavy atom. The van der Waals surface area contributed by atoms with Crippen molar-refractivity contribution >= 4 is 99.0 Å². The van der Waals surface area contributed by atoms with E-state index < -0.39 is 0 Å². The molecule has 16 aromatic heterocycles. The molecule has 36 nitrogen and oxygen atoms in total. The number of aldehydes is 1. The number of aromatic nitrogens is 35. The summed E-state index contributed by atoms with van der Waals surface area (Å²) in [5, 5.41) is 69.1. The van der Waals surface area contributed by atoms with Gasteiger partial charge in [-0.05, 0) is 85.0 Å². The van der Waals surface area contributed by atoms with Gasteiger partial charge in [0.2, 0.25) is 0 Å². The monoisotopic (exact) mass is 1540 g/mol. The zero-order chi connectivity index (χ0) is 74.6. The molecule has 550 valence electrons. The summed E-state index contributed by atoms with van der Waals surface area (Å²) in [5.74, 6) is 5.48. The molecule has 16 aromatic rings. The maximum absolute atomic E-state index is 10.0. The van der Waals surface area contributed by atoms with Crippen LogP contribution < -0.4 is 22.4 Å². The van der Waals surface area contributed by atoms with Crippen LogP contribution in [0.4, 0.5) is 0 Å². The van der Waals surface area contributed by atoms with Gasteiger partial charge in [0.1, 0.15) is 50.6 Å². The third kappa shape index (κ3) is 13.2. The van der Waals surface area contributed by atoms with Crippen molar-refractivity contribution in [1.29, 1.82) is 0 Å². The molecule has 0 unspecified atom stereocenters. The van der Waals surface area contributed by atoms with Gasteiger partial charge in [-0.15, -0.1) is 104 Å². The van der Waals surface area contributed by atoms with Crippen molar-refractivity contribution in [2.75, 3.05) is 0 Å². The summed E-state index contributed by atoms with van der Waals surface area (Å²) in [7, 11) is 17.0. The molecule has 38 heteroatoms. The summed E-state index contributed by atoms with van der Waals surface area (Å²) in [4.78, 5) is 54.8. The number of imidazole rings is 1. The number of rotatable bonds is 9. The van der Waals surface area contributed by atoms with Crippen molar-refractivity contribution in [2.24, 2.45) is 63.4 Å². The van der Waals surface area contributed by atoms with E-state index in [-0.39, 0.29) is 30.9 Å². The van der Waals surface area contributed by atoms with Crippen LogP contribution in [0.5, 0.6) is 0 Å². The average Bonchev–Trinajstić information content (AvgIpc) is 1.61. The first-order chi connectivity index (χ1) is 53.2. The molecule has 16 bridgehead atoms. The number of carbonyl (C=O) groups excluding carboxylic acids is 1. The Morgan fingerprint density at radius 3 is 0.721 bits per heavy atom. The first kappa shape index (κ1) is 71.9. The minimum atomic E-state index is 0. The number of hydrogen-bond acceptors (Lipinski definition) is 22. The molecular weight excluding hydrogens is 1470 g/mol. The summed E-state index contributed by atoms with van der Waals surface area (Å²) in [6.45, 7) is 0. The Kier molecular flexibility index (Phi) is 19.4.